The minimum absolute atomic E-state index is 0.0207. The second kappa shape index (κ2) is 2.20. The molecule has 4 heteroatoms. The molecule has 0 amide bonds. The number of ether oxygens (including phenoxy) is 1. The normalized spacial score (nSPS) is 14.2. The summed E-state index contributed by atoms with van der Waals surface area (Å²) in [5.41, 5.74) is 6.18. The van der Waals surface area contributed by atoms with E-state index in [0.717, 1.165) is 0 Å². The lowest BCUT2D eigenvalue weighted by Crippen LogP contribution is -1.97. The van der Waals surface area contributed by atoms with Crippen molar-refractivity contribution < 1.29 is 13.9 Å². The SMILES string of the molecule is Nc1cc2c(cc1F)COC2=O. The van der Waals surface area contributed by atoms with Gasteiger partial charge in [0.15, 0.2) is 0 Å². The number of nitrogen functional groups attached to an aromatic ring is 1. The summed E-state index contributed by atoms with van der Waals surface area (Å²) in [6, 6.07) is 2.54. The Balaban J connectivity index is 2.63. The maximum Gasteiger partial charge on any atom is 0.338 e. The third-order valence-electron chi connectivity index (χ3n) is 1.80. The molecule has 1 aliphatic rings. The first-order valence-electron chi connectivity index (χ1n) is 3.43. The Bertz CT molecular complexity index is 362. The highest BCUT2D eigenvalue weighted by Crippen LogP contribution is 2.24. The summed E-state index contributed by atoms with van der Waals surface area (Å²) in [4.78, 5) is 10.9. The van der Waals surface area contributed by atoms with Crippen molar-refractivity contribution in [1.29, 1.82) is 0 Å². The van der Waals surface area contributed by atoms with Crippen LogP contribution in [0.2, 0.25) is 0 Å². The molecule has 0 unspecified atom stereocenters. The largest absolute Gasteiger partial charge is 0.457 e. The van der Waals surface area contributed by atoms with Gasteiger partial charge in [-0.15, -0.1) is 0 Å². The number of nitrogens with two attached hydrogens (primary N) is 1. The minimum Gasteiger partial charge on any atom is -0.457 e. The molecule has 0 aromatic heterocycles. The van der Waals surface area contributed by atoms with Crippen LogP contribution in [0.15, 0.2) is 12.1 Å². The average Bonchev–Trinajstić information content (AvgIpc) is 2.35. The van der Waals surface area contributed by atoms with Gasteiger partial charge in [-0.2, -0.15) is 0 Å². The van der Waals surface area contributed by atoms with Crippen LogP contribution in [0.1, 0.15) is 15.9 Å². The van der Waals surface area contributed by atoms with Gasteiger partial charge in [-0.25, -0.2) is 9.18 Å². The highest BCUT2D eigenvalue weighted by molar-refractivity contribution is 5.94. The quantitative estimate of drug-likeness (QED) is 0.464. The number of halogens is 1. The molecule has 1 heterocycles. The molecule has 0 saturated carbocycles. The van der Waals surface area contributed by atoms with Gasteiger partial charge in [0.25, 0.3) is 0 Å². The Labute approximate surface area is 67.9 Å². The van der Waals surface area contributed by atoms with Gasteiger partial charge >= 0.3 is 5.97 Å². The molecule has 1 aromatic carbocycles. The highest BCUT2D eigenvalue weighted by Gasteiger charge is 2.22. The van der Waals surface area contributed by atoms with Crippen LogP contribution in [0.25, 0.3) is 0 Å². The number of carbonyl (C=O) groups excluding carboxylic acids is 1. The molecule has 62 valence electrons. The first-order chi connectivity index (χ1) is 5.68. The number of anilines is 1. The van der Waals surface area contributed by atoms with E-state index < -0.39 is 11.8 Å². The number of esters is 1. The number of benzene rings is 1. The van der Waals surface area contributed by atoms with Gasteiger partial charge in [-0.05, 0) is 12.1 Å². The smallest absolute Gasteiger partial charge is 0.338 e. The van der Waals surface area contributed by atoms with Crippen LogP contribution in [0.5, 0.6) is 0 Å². The Hall–Kier alpha value is -1.58. The zero-order valence-electron chi connectivity index (χ0n) is 6.13. The molecule has 1 aliphatic heterocycles. The van der Waals surface area contributed by atoms with Gasteiger partial charge in [-0.3, -0.25) is 0 Å². The van der Waals surface area contributed by atoms with Gasteiger partial charge in [0.2, 0.25) is 0 Å². The van der Waals surface area contributed by atoms with E-state index in [1.54, 1.807) is 0 Å². The van der Waals surface area contributed by atoms with E-state index in [9.17, 15) is 9.18 Å². The molecule has 0 aliphatic carbocycles. The summed E-state index contributed by atoms with van der Waals surface area (Å²) >= 11 is 0. The summed E-state index contributed by atoms with van der Waals surface area (Å²) in [6.45, 7) is 0.144. The zero-order chi connectivity index (χ0) is 8.72. The van der Waals surface area contributed by atoms with Crippen molar-refractivity contribution >= 4 is 11.7 Å². The summed E-state index contributed by atoms with van der Waals surface area (Å²) in [7, 11) is 0. The number of hydrogen-bond donors (Lipinski definition) is 1. The monoisotopic (exact) mass is 167 g/mol. The molecule has 2 N–H and O–H groups in total. The average molecular weight is 167 g/mol. The van der Waals surface area contributed by atoms with Crippen LogP contribution in [-0.2, 0) is 11.3 Å². The van der Waals surface area contributed by atoms with E-state index in [0.29, 0.717) is 11.1 Å². The van der Waals surface area contributed by atoms with Crippen molar-refractivity contribution in [3.05, 3.63) is 29.1 Å². The predicted molar refractivity (Wildman–Crippen MR) is 39.9 cm³/mol. The topological polar surface area (TPSA) is 52.3 Å². The van der Waals surface area contributed by atoms with Crippen LogP contribution >= 0.6 is 0 Å². The molecule has 1 aromatic rings. The summed E-state index contributed by atoms with van der Waals surface area (Å²) in [6.07, 6.45) is 0. The molecule has 0 bridgehead atoms. The Kier molecular flexibility index (Phi) is 1.30. The van der Waals surface area contributed by atoms with Crippen LogP contribution in [0.4, 0.5) is 10.1 Å². The standard InChI is InChI=1S/C8H6FNO2/c9-6-1-4-3-12-8(11)5(4)2-7(6)10/h1-2H,3,10H2. The molecular weight excluding hydrogens is 161 g/mol. The minimum atomic E-state index is -0.507. The van der Waals surface area contributed by atoms with E-state index in [4.69, 9.17) is 5.73 Å². The molecular formula is C8H6FNO2. The fourth-order valence-electron chi connectivity index (χ4n) is 1.16. The molecule has 0 spiro atoms. The van der Waals surface area contributed by atoms with Gasteiger partial charge in [0.05, 0.1) is 11.3 Å². The zero-order valence-corrected chi connectivity index (χ0v) is 6.13. The Morgan fingerprint density at radius 2 is 2.25 bits per heavy atom. The fraction of sp³-hybridized carbons (Fsp3) is 0.125. The van der Waals surface area contributed by atoms with E-state index in [2.05, 4.69) is 4.74 Å². The van der Waals surface area contributed by atoms with Gasteiger partial charge < -0.3 is 10.5 Å². The Morgan fingerprint density at radius 1 is 1.50 bits per heavy atom. The summed E-state index contributed by atoms with van der Waals surface area (Å²) in [5.74, 6) is -0.941. The highest BCUT2D eigenvalue weighted by atomic mass is 19.1. The number of fused-ring (bicyclic) bond motifs is 1. The van der Waals surface area contributed by atoms with Crippen LogP contribution in [-0.4, -0.2) is 5.97 Å². The second-order valence-electron chi connectivity index (χ2n) is 2.61. The lowest BCUT2D eigenvalue weighted by molar-refractivity contribution is 0.0535. The van der Waals surface area contributed by atoms with Crippen LogP contribution in [0, 0.1) is 5.82 Å². The third kappa shape index (κ3) is 0.845. The predicted octanol–water partition coefficient (Wildman–Crippen LogP) is 1.08. The van der Waals surface area contributed by atoms with E-state index >= 15 is 0 Å². The van der Waals surface area contributed by atoms with E-state index in [-0.39, 0.29) is 12.3 Å². The summed E-state index contributed by atoms with van der Waals surface area (Å²) < 4.78 is 17.5. The number of hydrogen-bond acceptors (Lipinski definition) is 3. The first-order valence-corrected chi connectivity index (χ1v) is 3.43. The van der Waals surface area contributed by atoms with Gasteiger partial charge in [0.1, 0.15) is 12.4 Å². The molecule has 0 atom stereocenters. The van der Waals surface area contributed by atoms with Crippen molar-refractivity contribution in [2.45, 2.75) is 6.61 Å². The fourth-order valence-corrected chi connectivity index (χ4v) is 1.16. The molecule has 12 heavy (non-hydrogen) atoms. The summed E-state index contributed by atoms with van der Waals surface area (Å²) in [5, 5.41) is 0. The van der Waals surface area contributed by atoms with Gasteiger partial charge in [0, 0.05) is 5.56 Å². The van der Waals surface area contributed by atoms with Crippen LogP contribution in [0.3, 0.4) is 0 Å². The molecule has 0 saturated heterocycles. The van der Waals surface area contributed by atoms with Crippen molar-refractivity contribution in [1.82, 2.24) is 0 Å². The van der Waals surface area contributed by atoms with Crippen molar-refractivity contribution in [3.63, 3.8) is 0 Å². The van der Waals surface area contributed by atoms with Crippen molar-refractivity contribution in [2.75, 3.05) is 5.73 Å². The Morgan fingerprint density at radius 3 is 3.00 bits per heavy atom. The number of carbonyl (C=O) groups is 1. The maximum atomic E-state index is 12.8. The number of cyclic esters (lactones) is 1. The molecule has 0 radical (unpaired) electrons. The van der Waals surface area contributed by atoms with Gasteiger partial charge in [-0.1, -0.05) is 0 Å². The molecule has 0 fully saturated rings. The lowest BCUT2D eigenvalue weighted by Gasteiger charge is -1.97. The van der Waals surface area contributed by atoms with Crippen LogP contribution < -0.4 is 5.73 Å². The first kappa shape index (κ1) is 7.09. The van der Waals surface area contributed by atoms with E-state index in [1.807, 2.05) is 0 Å². The lowest BCUT2D eigenvalue weighted by atomic mass is 10.1. The third-order valence-corrected chi connectivity index (χ3v) is 1.80. The molecule has 2 rings (SSSR count). The molecule has 3 nitrogen and oxygen atoms in total. The van der Waals surface area contributed by atoms with E-state index in [1.165, 1.54) is 12.1 Å². The van der Waals surface area contributed by atoms with Crippen molar-refractivity contribution in [2.24, 2.45) is 0 Å². The number of rotatable bonds is 0. The maximum absolute atomic E-state index is 12.8. The second-order valence-corrected chi connectivity index (χ2v) is 2.61. The van der Waals surface area contributed by atoms with Crippen molar-refractivity contribution in [3.8, 4) is 0 Å².